The first-order valence-electron chi connectivity index (χ1n) is 10.8. The number of fused-ring (bicyclic) bond motifs is 1. The molecule has 1 heterocycles. The van der Waals surface area contributed by atoms with Crippen molar-refractivity contribution in [3.8, 4) is 22.6 Å². The van der Waals surface area contributed by atoms with Gasteiger partial charge in [-0.05, 0) is 50.0 Å². The Bertz CT molecular complexity index is 1380. The molecule has 0 unspecified atom stereocenters. The molecule has 0 atom stereocenters. The molecule has 1 N–H and O–H groups in total. The van der Waals surface area contributed by atoms with Crippen LogP contribution in [0.2, 0.25) is 0 Å². The highest BCUT2D eigenvalue weighted by Crippen LogP contribution is 2.41. The summed E-state index contributed by atoms with van der Waals surface area (Å²) in [7, 11) is 2.78. The van der Waals surface area contributed by atoms with Crippen molar-refractivity contribution in [3.63, 3.8) is 0 Å². The van der Waals surface area contributed by atoms with Crippen LogP contribution in [0.15, 0.2) is 72.9 Å². The standard InChI is InChI=1S/C26H27N3O4S/c1-28(2)17-29(20-8-5-4-6-9-20)25-19(16-34(31)32)15-27-23-13-12-18(14-22(23)25)21-10-7-11-24(33-3)26(21)30/h4-15,30,34H,16-17H2,1-3H3. The van der Waals surface area contributed by atoms with Crippen molar-refractivity contribution in [1.29, 1.82) is 0 Å². The van der Waals surface area contributed by atoms with Crippen LogP contribution in [0.1, 0.15) is 5.56 Å². The lowest BCUT2D eigenvalue weighted by molar-refractivity contribution is 0.374. The van der Waals surface area contributed by atoms with Gasteiger partial charge < -0.3 is 14.7 Å². The number of aromatic nitrogens is 1. The van der Waals surface area contributed by atoms with Crippen LogP contribution in [0.4, 0.5) is 11.4 Å². The first-order chi connectivity index (χ1) is 16.4. The maximum absolute atomic E-state index is 11.8. The number of anilines is 2. The van der Waals surface area contributed by atoms with Gasteiger partial charge in [-0.15, -0.1) is 0 Å². The third kappa shape index (κ3) is 4.83. The molecule has 34 heavy (non-hydrogen) atoms. The summed E-state index contributed by atoms with van der Waals surface area (Å²) in [5.74, 6) is 0.302. The predicted octanol–water partition coefficient (Wildman–Crippen LogP) is 4.38. The number of benzene rings is 3. The largest absolute Gasteiger partial charge is 0.504 e. The first kappa shape index (κ1) is 23.5. The predicted molar refractivity (Wildman–Crippen MR) is 137 cm³/mol. The summed E-state index contributed by atoms with van der Waals surface area (Å²) in [6.45, 7) is 0.528. The fraction of sp³-hybridized carbons (Fsp3) is 0.192. The quantitative estimate of drug-likeness (QED) is 0.288. The number of ether oxygens (including phenoxy) is 1. The van der Waals surface area contributed by atoms with E-state index in [9.17, 15) is 13.5 Å². The third-order valence-corrected chi connectivity index (χ3v) is 6.11. The number of methoxy groups -OCH3 is 1. The van der Waals surface area contributed by atoms with Crippen LogP contribution < -0.4 is 9.64 Å². The fourth-order valence-electron chi connectivity index (χ4n) is 4.05. The van der Waals surface area contributed by atoms with Gasteiger partial charge in [0.1, 0.15) is 10.7 Å². The number of hydrogen-bond acceptors (Lipinski definition) is 7. The SMILES string of the molecule is COc1cccc(-c2ccc3ncc(C[SH](=O)=O)c(N(CN(C)C)c4ccccc4)c3c2)c1O. The first-order valence-corrected chi connectivity index (χ1v) is 12.1. The molecule has 1 aromatic heterocycles. The van der Waals surface area contributed by atoms with Gasteiger partial charge in [0.05, 0.1) is 30.7 Å². The Balaban J connectivity index is 2.01. The molecule has 0 fully saturated rings. The summed E-state index contributed by atoms with van der Waals surface area (Å²) < 4.78 is 28.8. The summed E-state index contributed by atoms with van der Waals surface area (Å²) in [4.78, 5) is 8.66. The molecule has 0 radical (unpaired) electrons. The number of thiol groups is 1. The Morgan fingerprint density at radius 3 is 2.44 bits per heavy atom. The Hall–Kier alpha value is -3.62. The second kappa shape index (κ2) is 10.1. The third-order valence-electron chi connectivity index (χ3n) is 5.51. The van der Waals surface area contributed by atoms with E-state index in [1.54, 1.807) is 12.3 Å². The second-order valence-corrected chi connectivity index (χ2v) is 9.18. The van der Waals surface area contributed by atoms with Gasteiger partial charge in [-0.25, -0.2) is 8.42 Å². The van der Waals surface area contributed by atoms with Gasteiger partial charge in [-0.3, -0.25) is 9.88 Å². The average Bonchev–Trinajstić information content (AvgIpc) is 2.82. The second-order valence-electron chi connectivity index (χ2n) is 8.20. The van der Waals surface area contributed by atoms with E-state index < -0.39 is 10.7 Å². The Morgan fingerprint density at radius 1 is 1.00 bits per heavy atom. The van der Waals surface area contributed by atoms with E-state index in [2.05, 4.69) is 9.88 Å². The van der Waals surface area contributed by atoms with Crippen molar-refractivity contribution in [1.82, 2.24) is 9.88 Å². The molecule has 4 rings (SSSR count). The van der Waals surface area contributed by atoms with Gasteiger partial charge in [-0.1, -0.05) is 36.4 Å². The number of phenolic OH excluding ortho intramolecular Hbond substituents is 1. The zero-order valence-corrected chi connectivity index (χ0v) is 20.2. The molecular weight excluding hydrogens is 450 g/mol. The van der Waals surface area contributed by atoms with Crippen LogP contribution in [0.3, 0.4) is 0 Å². The van der Waals surface area contributed by atoms with E-state index in [1.165, 1.54) is 7.11 Å². The highest BCUT2D eigenvalue weighted by molar-refractivity contribution is 7.71. The number of para-hydroxylation sites is 2. The molecule has 0 aliphatic carbocycles. The van der Waals surface area contributed by atoms with Crippen molar-refractivity contribution < 1.29 is 18.3 Å². The molecule has 0 bridgehead atoms. The van der Waals surface area contributed by atoms with Gasteiger partial charge in [-0.2, -0.15) is 0 Å². The Kier molecular flexibility index (Phi) is 7.00. The van der Waals surface area contributed by atoms with Crippen LogP contribution in [0.5, 0.6) is 11.5 Å². The molecular formula is C26H27N3O4S. The number of rotatable bonds is 8. The Morgan fingerprint density at radius 2 is 1.76 bits per heavy atom. The molecule has 0 saturated carbocycles. The summed E-state index contributed by atoms with van der Waals surface area (Å²) in [5, 5.41) is 11.5. The van der Waals surface area contributed by atoms with Gasteiger partial charge in [0.25, 0.3) is 0 Å². The summed E-state index contributed by atoms with van der Waals surface area (Å²) in [6.07, 6.45) is 1.64. The van der Waals surface area contributed by atoms with E-state index >= 15 is 0 Å². The minimum absolute atomic E-state index is 0.0471. The van der Waals surface area contributed by atoms with Gasteiger partial charge in [0.2, 0.25) is 0 Å². The van der Waals surface area contributed by atoms with Crippen LogP contribution in [0, 0.1) is 0 Å². The van der Waals surface area contributed by atoms with E-state index in [0.29, 0.717) is 23.5 Å². The highest BCUT2D eigenvalue weighted by atomic mass is 32.2. The molecule has 176 valence electrons. The summed E-state index contributed by atoms with van der Waals surface area (Å²) in [5.41, 5.74) is 4.43. The lowest BCUT2D eigenvalue weighted by Gasteiger charge is -2.31. The van der Waals surface area contributed by atoms with Crippen LogP contribution in [-0.2, 0) is 16.5 Å². The molecule has 0 amide bonds. The van der Waals surface area contributed by atoms with Gasteiger partial charge in [0.15, 0.2) is 11.5 Å². The normalized spacial score (nSPS) is 11.3. The molecule has 0 aliphatic rings. The lowest BCUT2D eigenvalue weighted by Crippen LogP contribution is -2.30. The lowest BCUT2D eigenvalue weighted by atomic mass is 9.99. The van der Waals surface area contributed by atoms with Crippen molar-refractivity contribution in [3.05, 3.63) is 78.5 Å². The zero-order chi connectivity index (χ0) is 24.2. The molecule has 8 heteroatoms. The zero-order valence-electron chi connectivity index (χ0n) is 19.3. The Labute approximate surface area is 200 Å². The molecule has 3 aromatic carbocycles. The van der Waals surface area contributed by atoms with Crippen LogP contribution in [-0.4, -0.2) is 51.3 Å². The molecule has 0 spiro atoms. The van der Waals surface area contributed by atoms with Gasteiger partial charge in [0, 0.05) is 28.4 Å². The highest BCUT2D eigenvalue weighted by Gasteiger charge is 2.20. The van der Waals surface area contributed by atoms with E-state index in [-0.39, 0.29) is 11.5 Å². The average molecular weight is 478 g/mol. The summed E-state index contributed by atoms with van der Waals surface area (Å²) in [6, 6.07) is 20.9. The number of pyridine rings is 1. The molecule has 0 aliphatic heterocycles. The van der Waals surface area contributed by atoms with Crippen molar-refractivity contribution in [2.45, 2.75) is 5.75 Å². The van der Waals surface area contributed by atoms with Crippen molar-refractivity contribution >= 4 is 33.0 Å². The van der Waals surface area contributed by atoms with Gasteiger partial charge >= 0.3 is 0 Å². The molecule has 7 nitrogen and oxygen atoms in total. The minimum Gasteiger partial charge on any atom is -0.504 e. The fourth-order valence-corrected chi connectivity index (χ4v) is 4.56. The van der Waals surface area contributed by atoms with E-state index in [1.807, 2.05) is 79.7 Å². The maximum Gasteiger partial charge on any atom is 0.165 e. The van der Waals surface area contributed by atoms with Crippen LogP contribution >= 0.6 is 0 Å². The molecule has 0 saturated heterocycles. The monoisotopic (exact) mass is 477 g/mol. The minimum atomic E-state index is -2.66. The molecule has 4 aromatic rings. The topological polar surface area (TPSA) is 83.0 Å². The maximum atomic E-state index is 11.8. The van der Waals surface area contributed by atoms with Crippen molar-refractivity contribution in [2.24, 2.45) is 0 Å². The van der Waals surface area contributed by atoms with Crippen molar-refractivity contribution in [2.75, 3.05) is 32.8 Å². The number of aromatic hydroxyl groups is 1. The number of hydrogen-bond donors (Lipinski definition) is 2. The van der Waals surface area contributed by atoms with E-state index in [0.717, 1.165) is 27.8 Å². The van der Waals surface area contributed by atoms with E-state index in [4.69, 9.17) is 4.74 Å². The number of nitrogens with zero attached hydrogens (tertiary/aromatic N) is 3. The smallest absolute Gasteiger partial charge is 0.165 e. The number of phenols is 1. The van der Waals surface area contributed by atoms with Crippen LogP contribution in [0.25, 0.3) is 22.0 Å². The summed E-state index contributed by atoms with van der Waals surface area (Å²) >= 11 is 0.